The SMILES string of the molecule is c1ccc2c3c([nH]c2c1)C(NCC1CCCO1)CCC3. The Morgan fingerprint density at radius 1 is 1.20 bits per heavy atom. The first-order valence-corrected chi connectivity index (χ1v) is 7.86. The summed E-state index contributed by atoms with van der Waals surface area (Å²) in [6.07, 6.45) is 6.56. The molecule has 1 aliphatic heterocycles. The van der Waals surface area contributed by atoms with Crippen LogP contribution in [0.4, 0.5) is 0 Å². The molecule has 1 fully saturated rings. The number of hydrogen-bond acceptors (Lipinski definition) is 2. The first-order chi connectivity index (χ1) is 9.92. The average molecular weight is 270 g/mol. The molecule has 106 valence electrons. The Balaban J connectivity index is 1.57. The number of rotatable bonds is 3. The molecule has 3 nitrogen and oxygen atoms in total. The molecule has 3 heteroatoms. The largest absolute Gasteiger partial charge is 0.377 e. The van der Waals surface area contributed by atoms with Crippen LogP contribution in [0.5, 0.6) is 0 Å². The summed E-state index contributed by atoms with van der Waals surface area (Å²) in [5, 5.41) is 5.13. The number of nitrogens with one attached hydrogen (secondary N) is 2. The number of aromatic amines is 1. The van der Waals surface area contributed by atoms with E-state index in [9.17, 15) is 0 Å². The van der Waals surface area contributed by atoms with Crippen LogP contribution in [0.3, 0.4) is 0 Å². The number of aromatic nitrogens is 1. The molecule has 2 aliphatic rings. The maximum absolute atomic E-state index is 5.72. The third-order valence-corrected chi connectivity index (χ3v) is 4.73. The molecule has 0 saturated carbocycles. The Bertz CT molecular complexity index is 598. The smallest absolute Gasteiger partial charge is 0.0700 e. The maximum atomic E-state index is 5.72. The highest BCUT2D eigenvalue weighted by molar-refractivity contribution is 5.85. The second kappa shape index (κ2) is 5.23. The standard InChI is InChI=1S/C17H22N2O/c1-2-8-15-13(6-1)14-7-3-9-16(17(14)19-15)18-11-12-5-4-10-20-12/h1-2,6,8,12,16,18-19H,3-5,7,9-11H2. The van der Waals surface area contributed by atoms with Crippen molar-refractivity contribution in [3.8, 4) is 0 Å². The van der Waals surface area contributed by atoms with E-state index in [0.29, 0.717) is 12.1 Å². The number of H-pyrrole nitrogens is 1. The maximum Gasteiger partial charge on any atom is 0.0700 e. The van der Waals surface area contributed by atoms with E-state index in [1.54, 1.807) is 0 Å². The van der Waals surface area contributed by atoms with E-state index in [-0.39, 0.29) is 0 Å². The van der Waals surface area contributed by atoms with E-state index in [2.05, 4.69) is 34.6 Å². The summed E-state index contributed by atoms with van der Waals surface area (Å²) in [5.74, 6) is 0. The van der Waals surface area contributed by atoms with Crippen LogP contribution in [0.25, 0.3) is 10.9 Å². The van der Waals surface area contributed by atoms with E-state index >= 15 is 0 Å². The molecule has 2 atom stereocenters. The monoisotopic (exact) mass is 270 g/mol. The van der Waals surface area contributed by atoms with Gasteiger partial charge in [-0.2, -0.15) is 0 Å². The second-order valence-electron chi connectivity index (χ2n) is 6.05. The normalized spacial score (nSPS) is 26.0. The summed E-state index contributed by atoms with van der Waals surface area (Å²) in [4.78, 5) is 3.64. The predicted molar refractivity (Wildman–Crippen MR) is 81.0 cm³/mol. The summed E-state index contributed by atoms with van der Waals surface area (Å²) < 4.78 is 5.72. The fourth-order valence-electron chi connectivity index (χ4n) is 3.70. The molecule has 1 saturated heterocycles. The minimum Gasteiger partial charge on any atom is -0.377 e. The third kappa shape index (κ3) is 2.15. The summed E-state index contributed by atoms with van der Waals surface area (Å²) in [5.41, 5.74) is 4.22. The van der Waals surface area contributed by atoms with Gasteiger partial charge in [-0.1, -0.05) is 18.2 Å². The number of ether oxygens (including phenoxy) is 1. The van der Waals surface area contributed by atoms with Gasteiger partial charge in [0.2, 0.25) is 0 Å². The molecule has 1 aliphatic carbocycles. The van der Waals surface area contributed by atoms with E-state index in [4.69, 9.17) is 4.74 Å². The molecule has 20 heavy (non-hydrogen) atoms. The Hall–Kier alpha value is -1.32. The van der Waals surface area contributed by atoms with Gasteiger partial charge < -0.3 is 15.0 Å². The Labute approximate surface area is 119 Å². The number of para-hydroxylation sites is 1. The lowest BCUT2D eigenvalue weighted by Crippen LogP contribution is -2.32. The molecule has 4 rings (SSSR count). The molecule has 1 aromatic heterocycles. The highest BCUT2D eigenvalue weighted by atomic mass is 16.5. The van der Waals surface area contributed by atoms with Crippen molar-refractivity contribution in [2.45, 2.75) is 44.2 Å². The van der Waals surface area contributed by atoms with E-state index in [1.165, 1.54) is 54.3 Å². The van der Waals surface area contributed by atoms with Crippen LogP contribution in [0.2, 0.25) is 0 Å². The second-order valence-corrected chi connectivity index (χ2v) is 6.05. The van der Waals surface area contributed by atoms with Crippen LogP contribution in [0, 0.1) is 0 Å². The van der Waals surface area contributed by atoms with Crippen molar-refractivity contribution >= 4 is 10.9 Å². The molecule has 2 aromatic rings. The van der Waals surface area contributed by atoms with E-state index < -0.39 is 0 Å². The summed E-state index contributed by atoms with van der Waals surface area (Å²) in [6.45, 7) is 1.92. The molecule has 0 spiro atoms. The fourth-order valence-corrected chi connectivity index (χ4v) is 3.70. The highest BCUT2D eigenvalue weighted by Gasteiger charge is 2.25. The van der Waals surface area contributed by atoms with Crippen LogP contribution < -0.4 is 5.32 Å². The number of fused-ring (bicyclic) bond motifs is 3. The predicted octanol–water partition coefficient (Wildman–Crippen LogP) is 3.31. The number of aryl methyl sites for hydroxylation is 1. The molecule has 2 heterocycles. The number of benzene rings is 1. The van der Waals surface area contributed by atoms with Crippen molar-refractivity contribution in [2.75, 3.05) is 13.2 Å². The highest BCUT2D eigenvalue weighted by Crippen LogP contribution is 2.34. The fraction of sp³-hybridized carbons (Fsp3) is 0.529. The van der Waals surface area contributed by atoms with Crippen molar-refractivity contribution in [1.82, 2.24) is 10.3 Å². The van der Waals surface area contributed by atoms with Crippen LogP contribution in [-0.4, -0.2) is 24.2 Å². The topological polar surface area (TPSA) is 37.0 Å². The average Bonchev–Trinajstić information content (AvgIpc) is 3.12. The summed E-state index contributed by atoms with van der Waals surface area (Å²) in [7, 11) is 0. The van der Waals surface area contributed by atoms with Crippen molar-refractivity contribution in [3.05, 3.63) is 35.5 Å². The van der Waals surface area contributed by atoms with Crippen LogP contribution in [-0.2, 0) is 11.2 Å². The minimum absolute atomic E-state index is 0.421. The third-order valence-electron chi connectivity index (χ3n) is 4.73. The quantitative estimate of drug-likeness (QED) is 0.897. The zero-order chi connectivity index (χ0) is 13.4. The first-order valence-electron chi connectivity index (χ1n) is 7.86. The van der Waals surface area contributed by atoms with Crippen molar-refractivity contribution in [1.29, 1.82) is 0 Å². The van der Waals surface area contributed by atoms with Gasteiger partial charge in [0.1, 0.15) is 0 Å². The van der Waals surface area contributed by atoms with Gasteiger partial charge in [0.25, 0.3) is 0 Å². The van der Waals surface area contributed by atoms with E-state index in [1.807, 2.05) is 0 Å². The zero-order valence-electron chi connectivity index (χ0n) is 11.8. The Morgan fingerprint density at radius 2 is 2.15 bits per heavy atom. The van der Waals surface area contributed by atoms with Crippen LogP contribution in [0.15, 0.2) is 24.3 Å². The lowest BCUT2D eigenvalue weighted by Gasteiger charge is -2.25. The summed E-state index contributed by atoms with van der Waals surface area (Å²) in [6, 6.07) is 9.15. The van der Waals surface area contributed by atoms with Gasteiger partial charge in [-0.3, -0.25) is 0 Å². The molecule has 0 bridgehead atoms. The van der Waals surface area contributed by atoms with Crippen LogP contribution in [0.1, 0.15) is 43.0 Å². The van der Waals surface area contributed by atoms with Gasteiger partial charge >= 0.3 is 0 Å². The number of hydrogen-bond donors (Lipinski definition) is 2. The van der Waals surface area contributed by atoms with Crippen molar-refractivity contribution in [2.24, 2.45) is 0 Å². The van der Waals surface area contributed by atoms with Gasteiger partial charge in [-0.05, 0) is 43.7 Å². The summed E-state index contributed by atoms with van der Waals surface area (Å²) >= 11 is 0. The molecule has 0 radical (unpaired) electrons. The zero-order valence-corrected chi connectivity index (χ0v) is 11.8. The van der Waals surface area contributed by atoms with Crippen molar-refractivity contribution in [3.63, 3.8) is 0 Å². The van der Waals surface area contributed by atoms with Gasteiger partial charge in [0.15, 0.2) is 0 Å². The van der Waals surface area contributed by atoms with Gasteiger partial charge in [0.05, 0.1) is 6.10 Å². The van der Waals surface area contributed by atoms with Gasteiger partial charge in [0, 0.05) is 35.8 Å². The molecule has 2 unspecified atom stereocenters. The molecular formula is C17H22N2O. The minimum atomic E-state index is 0.421. The Morgan fingerprint density at radius 3 is 3.05 bits per heavy atom. The Kier molecular flexibility index (Phi) is 3.25. The van der Waals surface area contributed by atoms with Gasteiger partial charge in [-0.15, -0.1) is 0 Å². The lowest BCUT2D eigenvalue weighted by atomic mass is 9.91. The van der Waals surface area contributed by atoms with Crippen LogP contribution >= 0.6 is 0 Å². The first kappa shape index (κ1) is 12.4. The molecule has 0 amide bonds. The van der Waals surface area contributed by atoms with E-state index in [0.717, 1.165) is 13.2 Å². The molecular weight excluding hydrogens is 248 g/mol. The van der Waals surface area contributed by atoms with Gasteiger partial charge in [-0.25, -0.2) is 0 Å². The molecule has 1 aromatic carbocycles. The lowest BCUT2D eigenvalue weighted by molar-refractivity contribution is 0.106. The van der Waals surface area contributed by atoms with Crippen molar-refractivity contribution < 1.29 is 4.74 Å². The molecule has 2 N–H and O–H groups in total.